The summed E-state index contributed by atoms with van der Waals surface area (Å²) in [6.45, 7) is 2.02. The van der Waals surface area contributed by atoms with E-state index in [1.807, 2.05) is 67.6 Å². The molecule has 32 heavy (non-hydrogen) atoms. The number of rotatable bonds is 9. The first kappa shape index (κ1) is 23.1. The maximum Gasteiger partial charge on any atom is 0.331 e. The number of nitrogens with one attached hydrogen (secondary N) is 1. The summed E-state index contributed by atoms with van der Waals surface area (Å²) in [5, 5.41) is 3.42. The van der Waals surface area contributed by atoms with Gasteiger partial charge < -0.3 is 14.8 Å². The van der Waals surface area contributed by atoms with E-state index < -0.39 is 5.97 Å². The molecule has 0 aliphatic rings. The minimum atomic E-state index is -0.594. The zero-order valence-electron chi connectivity index (χ0n) is 17.7. The molecule has 3 aromatic carbocycles. The summed E-state index contributed by atoms with van der Waals surface area (Å²) in [5.41, 5.74) is 3.45. The highest BCUT2D eigenvalue weighted by molar-refractivity contribution is 6.31. The van der Waals surface area contributed by atoms with Gasteiger partial charge in [-0.2, -0.15) is 0 Å². The van der Waals surface area contributed by atoms with Crippen LogP contribution in [-0.4, -0.2) is 18.5 Å². The third kappa shape index (κ3) is 7.00. The van der Waals surface area contributed by atoms with E-state index in [-0.39, 0.29) is 12.5 Å². The Morgan fingerprint density at radius 3 is 2.34 bits per heavy atom. The highest BCUT2D eigenvalue weighted by Gasteiger charge is 2.08. The highest BCUT2D eigenvalue weighted by atomic mass is 35.5. The molecule has 0 spiro atoms. The van der Waals surface area contributed by atoms with Crippen molar-refractivity contribution < 1.29 is 19.1 Å². The van der Waals surface area contributed by atoms with Gasteiger partial charge in [0.2, 0.25) is 0 Å². The molecule has 0 heterocycles. The molecule has 1 N–H and O–H groups in total. The van der Waals surface area contributed by atoms with Gasteiger partial charge in [-0.3, -0.25) is 4.79 Å². The predicted molar refractivity (Wildman–Crippen MR) is 127 cm³/mol. The topological polar surface area (TPSA) is 64.6 Å². The largest absolute Gasteiger partial charge is 0.489 e. The molecule has 3 aromatic rings. The van der Waals surface area contributed by atoms with Gasteiger partial charge in [0.25, 0.3) is 5.91 Å². The number of hydrogen-bond donors (Lipinski definition) is 1. The van der Waals surface area contributed by atoms with Crippen LogP contribution in [0, 0.1) is 0 Å². The van der Waals surface area contributed by atoms with Crippen LogP contribution in [0.5, 0.6) is 5.75 Å². The summed E-state index contributed by atoms with van der Waals surface area (Å²) in [6, 6.07) is 22.3. The summed E-state index contributed by atoms with van der Waals surface area (Å²) in [4.78, 5) is 24.0. The molecule has 164 valence electrons. The lowest BCUT2D eigenvalue weighted by Gasteiger charge is -2.09. The quantitative estimate of drug-likeness (QED) is 0.337. The number of para-hydroxylation sites is 1. The first-order valence-electron chi connectivity index (χ1n) is 10.2. The molecule has 0 atom stereocenters. The van der Waals surface area contributed by atoms with E-state index in [0.29, 0.717) is 17.4 Å². The lowest BCUT2D eigenvalue weighted by molar-refractivity contribution is -0.142. The molecular formula is C26H24ClNO4. The van der Waals surface area contributed by atoms with Crippen LogP contribution in [0.4, 0.5) is 5.69 Å². The van der Waals surface area contributed by atoms with Gasteiger partial charge >= 0.3 is 5.97 Å². The Balaban J connectivity index is 1.44. The molecule has 0 unspecified atom stereocenters. The number of hydrogen-bond acceptors (Lipinski definition) is 4. The number of anilines is 1. The predicted octanol–water partition coefficient (Wildman–Crippen LogP) is 5.68. The van der Waals surface area contributed by atoms with Crippen LogP contribution >= 0.6 is 11.6 Å². The summed E-state index contributed by atoms with van der Waals surface area (Å²) in [5.74, 6) is -0.288. The van der Waals surface area contributed by atoms with Crippen molar-refractivity contribution in [2.75, 3.05) is 11.9 Å². The summed E-state index contributed by atoms with van der Waals surface area (Å²) in [6.07, 6.45) is 3.69. The number of aryl methyl sites for hydroxylation is 1. The van der Waals surface area contributed by atoms with Gasteiger partial charge in [-0.25, -0.2) is 4.79 Å². The van der Waals surface area contributed by atoms with Crippen LogP contribution in [0.1, 0.15) is 23.6 Å². The molecule has 0 radical (unpaired) electrons. The minimum Gasteiger partial charge on any atom is -0.489 e. The maximum atomic E-state index is 12.0. The van der Waals surface area contributed by atoms with Crippen molar-refractivity contribution in [3.8, 4) is 5.75 Å². The lowest BCUT2D eigenvalue weighted by Crippen LogP contribution is -2.20. The van der Waals surface area contributed by atoms with E-state index in [9.17, 15) is 9.59 Å². The van der Waals surface area contributed by atoms with E-state index in [4.69, 9.17) is 21.1 Å². The second kappa shape index (κ2) is 11.7. The maximum absolute atomic E-state index is 12.0. The summed E-state index contributed by atoms with van der Waals surface area (Å²) < 4.78 is 10.8. The van der Waals surface area contributed by atoms with Gasteiger partial charge in [0.15, 0.2) is 6.61 Å². The number of halogens is 1. The summed E-state index contributed by atoms with van der Waals surface area (Å²) in [7, 11) is 0. The Bertz CT molecular complexity index is 1090. The van der Waals surface area contributed by atoms with Crippen molar-refractivity contribution in [1.82, 2.24) is 0 Å². The van der Waals surface area contributed by atoms with E-state index in [0.717, 1.165) is 28.8 Å². The number of benzene rings is 3. The fourth-order valence-electron chi connectivity index (χ4n) is 2.94. The van der Waals surface area contributed by atoms with Crippen LogP contribution in [0.25, 0.3) is 6.08 Å². The zero-order valence-corrected chi connectivity index (χ0v) is 18.5. The van der Waals surface area contributed by atoms with Crippen LogP contribution in [0.2, 0.25) is 5.02 Å². The molecule has 0 saturated heterocycles. The number of ether oxygens (including phenoxy) is 2. The molecular weight excluding hydrogens is 426 g/mol. The van der Waals surface area contributed by atoms with Crippen LogP contribution in [-0.2, 0) is 27.4 Å². The molecule has 0 aromatic heterocycles. The van der Waals surface area contributed by atoms with E-state index in [2.05, 4.69) is 5.32 Å². The van der Waals surface area contributed by atoms with Crippen LogP contribution < -0.4 is 10.1 Å². The van der Waals surface area contributed by atoms with E-state index >= 15 is 0 Å². The molecule has 0 aliphatic carbocycles. The second-order valence-electron chi connectivity index (χ2n) is 6.95. The van der Waals surface area contributed by atoms with Crippen LogP contribution in [0.3, 0.4) is 0 Å². The van der Waals surface area contributed by atoms with Crippen molar-refractivity contribution in [2.45, 2.75) is 20.0 Å². The molecule has 0 fully saturated rings. The van der Waals surface area contributed by atoms with Gasteiger partial charge in [-0.05, 0) is 47.9 Å². The first-order chi connectivity index (χ1) is 15.5. The van der Waals surface area contributed by atoms with Gasteiger partial charge in [-0.1, -0.05) is 67.1 Å². The van der Waals surface area contributed by atoms with Gasteiger partial charge in [-0.15, -0.1) is 0 Å². The molecule has 0 aliphatic heterocycles. The smallest absolute Gasteiger partial charge is 0.331 e. The van der Waals surface area contributed by atoms with Crippen LogP contribution in [0.15, 0.2) is 78.9 Å². The van der Waals surface area contributed by atoms with E-state index in [1.165, 1.54) is 6.08 Å². The number of amides is 1. The number of esters is 1. The normalized spacial score (nSPS) is 10.7. The van der Waals surface area contributed by atoms with Crippen molar-refractivity contribution >= 4 is 35.2 Å². The highest BCUT2D eigenvalue weighted by Crippen LogP contribution is 2.19. The van der Waals surface area contributed by atoms with Crippen molar-refractivity contribution in [2.24, 2.45) is 0 Å². The van der Waals surface area contributed by atoms with Crippen molar-refractivity contribution in [3.63, 3.8) is 0 Å². The first-order valence-corrected chi connectivity index (χ1v) is 10.6. The Labute approximate surface area is 192 Å². The molecule has 5 nitrogen and oxygen atoms in total. The molecule has 0 bridgehead atoms. The Morgan fingerprint density at radius 2 is 1.62 bits per heavy atom. The SMILES string of the molecule is CCc1ccccc1NC(=O)COC(=O)/C=C/c1ccc(OCc2ccccc2Cl)cc1. The Morgan fingerprint density at radius 1 is 0.938 bits per heavy atom. The third-order valence-electron chi connectivity index (χ3n) is 4.66. The van der Waals surface area contributed by atoms with Crippen molar-refractivity contribution in [3.05, 3.63) is 101 Å². The molecule has 3 rings (SSSR count). The summed E-state index contributed by atoms with van der Waals surface area (Å²) >= 11 is 6.13. The average molecular weight is 450 g/mol. The lowest BCUT2D eigenvalue weighted by atomic mass is 10.1. The number of carbonyl (C=O) groups excluding carboxylic acids is 2. The average Bonchev–Trinajstić information content (AvgIpc) is 2.82. The number of carbonyl (C=O) groups is 2. The molecule has 0 saturated carbocycles. The fourth-order valence-corrected chi connectivity index (χ4v) is 3.13. The van der Waals surface area contributed by atoms with Gasteiger partial charge in [0, 0.05) is 22.3 Å². The molecule has 6 heteroatoms. The van der Waals surface area contributed by atoms with Gasteiger partial charge in [0.05, 0.1) is 0 Å². The standard InChI is InChI=1S/C26H24ClNO4/c1-2-20-7-4-6-10-24(20)28-25(29)18-32-26(30)16-13-19-11-14-22(15-12-19)31-17-21-8-3-5-9-23(21)27/h3-16H,2,17-18H2,1H3,(H,28,29)/b16-13+. The third-order valence-corrected chi connectivity index (χ3v) is 5.03. The second-order valence-corrected chi connectivity index (χ2v) is 7.36. The Kier molecular flexibility index (Phi) is 8.46. The molecule has 1 amide bonds. The fraction of sp³-hybridized carbons (Fsp3) is 0.154. The van der Waals surface area contributed by atoms with E-state index in [1.54, 1.807) is 18.2 Å². The van der Waals surface area contributed by atoms with Gasteiger partial charge in [0.1, 0.15) is 12.4 Å². The zero-order chi connectivity index (χ0) is 22.8. The van der Waals surface area contributed by atoms with Crippen molar-refractivity contribution in [1.29, 1.82) is 0 Å². The minimum absolute atomic E-state index is 0.351. The Hall–Kier alpha value is -3.57. The monoisotopic (exact) mass is 449 g/mol.